The van der Waals surface area contributed by atoms with Gasteiger partial charge in [0.05, 0.1) is 17.2 Å². The molecule has 25 heavy (non-hydrogen) atoms. The molecule has 0 aliphatic heterocycles. The molecule has 1 aromatic carbocycles. The lowest BCUT2D eigenvalue weighted by Crippen LogP contribution is -2.16. The third kappa shape index (κ3) is 3.64. The fourth-order valence-electron chi connectivity index (χ4n) is 1.99. The number of fused-ring (bicyclic) bond motifs is 1. The lowest BCUT2D eigenvalue weighted by Gasteiger charge is -2.12. The zero-order valence-corrected chi connectivity index (χ0v) is 16.4. The van der Waals surface area contributed by atoms with Crippen molar-refractivity contribution in [3.63, 3.8) is 0 Å². The second-order valence-corrected chi connectivity index (χ2v) is 8.09. The van der Waals surface area contributed by atoms with Crippen LogP contribution < -0.4 is 9.46 Å². The normalized spacial score (nSPS) is 11.5. The second-order valence-electron chi connectivity index (χ2n) is 4.74. The molecule has 0 aliphatic carbocycles. The van der Waals surface area contributed by atoms with E-state index in [1.54, 1.807) is 6.07 Å². The minimum atomic E-state index is -4.06. The van der Waals surface area contributed by atoms with Crippen LogP contribution in [-0.4, -0.2) is 30.5 Å². The van der Waals surface area contributed by atoms with Crippen molar-refractivity contribution in [3.05, 3.63) is 45.0 Å². The van der Waals surface area contributed by atoms with Gasteiger partial charge >= 0.3 is 0 Å². The SMILES string of the molecule is COc1nc2cc(Br)cnc2nc1NS(=O)(=O)c1cccc(Cl)c1Cl. The lowest BCUT2D eigenvalue weighted by atomic mass is 10.4. The van der Waals surface area contributed by atoms with E-state index in [4.69, 9.17) is 27.9 Å². The van der Waals surface area contributed by atoms with E-state index in [0.717, 1.165) is 0 Å². The molecule has 0 bridgehead atoms. The summed E-state index contributed by atoms with van der Waals surface area (Å²) in [6.07, 6.45) is 1.52. The smallest absolute Gasteiger partial charge is 0.264 e. The highest BCUT2D eigenvalue weighted by molar-refractivity contribution is 9.10. The van der Waals surface area contributed by atoms with Gasteiger partial charge in [0.2, 0.25) is 5.82 Å². The summed E-state index contributed by atoms with van der Waals surface area (Å²) in [5.74, 6) is -0.116. The van der Waals surface area contributed by atoms with Crippen molar-refractivity contribution in [3.8, 4) is 5.88 Å². The maximum atomic E-state index is 12.6. The van der Waals surface area contributed by atoms with Crippen LogP contribution in [0.15, 0.2) is 39.8 Å². The van der Waals surface area contributed by atoms with Crippen LogP contribution >= 0.6 is 39.1 Å². The van der Waals surface area contributed by atoms with Gasteiger partial charge in [-0.3, -0.25) is 4.72 Å². The number of nitrogens with zero attached hydrogens (tertiary/aromatic N) is 3. The van der Waals surface area contributed by atoms with Crippen LogP contribution in [0.1, 0.15) is 0 Å². The number of halogens is 3. The van der Waals surface area contributed by atoms with Gasteiger partial charge in [0, 0.05) is 10.7 Å². The fraction of sp³-hybridized carbons (Fsp3) is 0.0714. The Morgan fingerprint density at radius 1 is 1.24 bits per heavy atom. The van der Waals surface area contributed by atoms with Crippen molar-refractivity contribution in [2.45, 2.75) is 4.90 Å². The molecule has 0 amide bonds. The first-order valence-electron chi connectivity index (χ1n) is 6.66. The van der Waals surface area contributed by atoms with E-state index in [2.05, 4.69) is 35.6 Å². The van der Waals surface area contributed by atoms with E-state index in [1.165, 1.54) is 31.5 Å². The Hall–Kier alpha value is -1.68. The van der Waals surface area contributed by atoms with E-state index in [0.29, 0.717) is 9.99 Å². The highest BCUT2D eigenvalue weighted by atomic mass is 79.9. The van der Waals surface area contributed by atoms with Crippen molar-refractivity contribution in [1.82, 2.24) is 15.0 Å². The topological polar surface area (TPSA) is 94.1 Å². The Kier molecular flexibility index (Phi) is 5.01. The van der Waals surface area contributed by atoms with Crippen LogP contribution in [0.4, 0.5) is 5.82 Å². The van der Waals surface area contributed by atoms with Crippen LogP contribution in [0.5, 0.6) is 5.88 Å². The molecule has 3 rings (SSSR count). The fourth-order valence-corrected chi connectivity index (χ4v) is 4.07. The molecule has 0 saturated carbocycles. The standard InChI is InChI=1S/C14H9BrCl2N4O3S/c1-24-14-13(20-12-9(19-14)5-7(15)6-18-12)21-25(22,23)10-4-2-3-8(16)11(10)17/h2-6H,1H3,(H,18,20,21). The molecule has 0 spiro atoms. The van der Waals surface area contributed by atoms with Crippen molar-refractivity contribution in [2.75, 3.05) is 11.8 Å². The van der Waals surface area contributed by atoms with E-state index in [1.807, 2.05) is 0 Å². The first-order valence-corrected chi connectivity index (χ1v) is 9.69. The van der Waals surface area contributed by atoms with E-state index >= 15 is 0 Å². The van der Waals surface area contributed by atoms with Crippen molar-refractivity contribution in [2.24, 2.45) is 0 Å². The Morgan fingerprint density at radius 3 is 2.72 bits per heavy atom. The van der Waals surface area contributed by atoms with Gasteiger partial charge in [-0.05, 0) is 34.1 Å². The van der Waals surface area contributed by atoms with Crippen LogP contribution in [-0.2, 0) is 10.0 Å². The molecule has 0 saturated heterocycles. The molecule has 3 aromatic rings. The zero-order valence-electron chi connectivity index (χ0n) is 12.5. The number of methoxy groups -OCH3 is 1. The molecule has 130 valence electrons. The molecule has 0 unspecified atom stereocenters. The Bertz CT molecular complexity index is 1080. The number of pyridine rings is 1. The molecule has 0 fully saturated rings. The summed E-state index contributed by atoms with van der Waals surface area (Å²) in [4.78, 5) is 12.3. The van der Waals surface area contributed by atoms with Crippen LogP contribution in [0.2, 0.25) is 10.0 Å². The third-order valence-corrected chi connectivity index (χ3v) is 5.83. The van der Waals surface area contributed by atoms with Gasteiger partial charge in [0.25, 0.3) is 15.9 Å². The van der Waals surface area contributed by atoms with Gasteiger partial charge in [-0.25, -0.2) is 23.4 Å². The van der Waals surface area contributed by atoms with Crippen LogP contribution in [0.3, 0.4) is 0 Å². The average molecular weight is 464 g/mol. The maximum absolute atomic E-state index is 12.6. The highest BCUT2D eigenvalue weighted by Gasteiger charge is 2.23. The highest BCUT2D eigenvalue weighted by Crippen LogP contribution is 2.31. The predicted molar refractivity (Wildman–Crippen MR) is 98.9 cm³/mol. The Morgan fingerprint density at radius 2 is 2.00 bits per heavy atom. The van der Waals surface area contributed by atoms with Gasteiger partial charge in [-0.2, -0.15) is 0 Å². The molecule has 0 radical (unpaired) electrons. The van der Waals surface area contributed by atoms with Gasteiger partial charge in [0.1, 0.15) is 10.4 Å². The minimum absolute atomic E-state index is 0.00544. The van der Waals surface area contributed by atoms with Crippen molar-refractivity contribution in [1.29, 1.82) is 0 Å². The first kappa shape index (κ1) is 18.1. The summed E-state index contributed by atoms with van der Waals surface area (Å²) in [5, 5.41) is 0.0269. The lowest BCUT2D eigenvalue weighted by molar-refractivity contribution is 0.400. The number of ether oxygens (including phenoxy) is 1. The number of rotatable bonds is 4. The van der Waals surface area contributed by atoms with Crippen molar-refractivity contribution < 1.29 is 13.2 Å². The molecule has 0 atom stereocenters. The summed E-state index contributed by atoms with van der Waals surface area (Å²) in [7, 11) is -2.71. The van der Waals surface area contributed by atoms with Crippen LogP contribution in [0.25, 0.3) is 11.2 Å². The number of anilines is 1. The molecule has 7 nitrogen and oxygen atoms in total. The molecule has 1 N–H and O–H groups in total. The number of aromatic nitrogens is 3. The van der Waals surface area contributed by atoms with E-state index in [9.17, 15) is 8.42 Å². The number of sulfonamides is 1. The summed E-state index contributed by atoms with van der Waals surface area (Å²) in [5.41, 5.74) is 0.689. The minimum Gasteiger partial charge on any atom is -0.478 e. The number of benzene rings is 1. The first-order chi connectivity index (χ1) is 11.8. The van der Waals surface area contributed by atoms with E-state index < -0.39 is 10.0 Å². The molecule has 11 heteroatoms. The summed E-state index contributed by atoms with van der Waals surface area (Å²) >= 11 is 15.2. The van der Waals surface area contributed by atoms with Gasteiger partial charge in [-0.1, -0.05) is 29.3 Å². The number of hydrogen-bond donors (Lipinski definition) is 1. The molecular formula is C14H9BrCl2N4O3S. The zero-order chi connectivity index (χ0) is 18.2. The Balaban J connectivity index is 2.10. The van der Waals surface area contributed by atoms with Gasteiger partial charge in [-0.15, -0.1) is 0 Å². The van der Waals surface area contributed by atoms with Crippen molar-refractivity contribution >= 4 is 66.1 Å². The Labute approximate surface area is 161 Å². The summed E-state index contributed by atoms with van der Waals surface area (Å²) < 4.78 is 33.4. The molecule has 0 aliphatic rings. The third-order valence-electron chi connectivity index (χ3n) is 3.09. The molecular weight excluding hydrogens is 455 g/mol. The number of hydrogen-bond acceptors (Lipinski definition) is 6. The largest absolute Gasteiger partial charge is 0.478 e. The quantitative estimate of drug-likeness (QED) is 0.630. The average Bonchev–Trinajstić information content (AvgIpc) is 2.56. The summed E-state index contributed by atoms with van der Waals surface area (Å²) in [6, 6.07) is 5.98. The summed E-state index contributed by atoms with van der Waals surface area (Å²) in [6.45, 7) is 0. The van der Waals surface area contributed by atoms with Gasteiger partial charge < -0.3 is 4.74 Å². The molecule has 2 aromatic heterocycles. The monoisotopic (exact) mass is 462 g/mol. The van der Waals surface area contributed by atoms with Gasteiger partial charge in [0.15, 0.2) is 5.65 Å². The molecule has 2 heterocycles. The maximum Gasteiger partial charge on any atom is 0.264 e. The predicted octanol–water partition coefficient (Wildman–Crippen LogP) is 3.90. The second kappa shape index (κ2) is 6.91. The number of nitrogens with one attached hydrogen (secondary N) is 1. The van der Waals surface area contributed by atoms with E-state index in [-0.39, 0.29) is 32.3 Å². The van der Waals surface area contributed by atoms with Crippen LogP contribution in [0, 0.1) is 0 Å².